The molecule has 1 saturated heterocycles. The molecule has 0 radical (unpaired) electrons. The number of hydrogen-bond donors (Lipinski definition) is 2. The molecule has 0 unspecified atom stereocenters. The molecule has 1 saturated carbocycles. The molecule has 0 spiro atoms. The van der Waals surface area contributed by atoms with E-state index < -0.39 is 10.0 Å². The standard InChI is InChI=1S/C19H38N4O2S/c1-5-20-18(22-15-19(9-6-10-19)13-16(2)3)21-14-17-7-11-23(12-8-17)26(4,24)25/h16-17H,5-15H2,1-4H3,(H2,20,21,22). The Morgan fingerprint density at radius 3 is 2.35 bits per heavy atom. The first kappa shape index (κ1) is 21.5. The number of hydrogen-bond acceptors (Lipinski definition) is 3. The van der Waals surface area contributed by atoms with Crippen molar-refractivity contribution in [2.24, 2.45) is 22.2 Å². The van der Waals surface area contributed by atoms with E-state index >= 15 is 0 Å². The number of sulfonamides is 1. The van der Waals surface area contributed by atoms with Crippen LogP contribution in [0, 0.1) is 17.3 Å². The minimum absolute atomic E-state index is 0.414. The summed E-state index contributed by atoms with van der Waals surface area (Å²) in [4.78, 5) is 4.89. The Bertz CT molecular complexity index is 562. The van der Waals surface area contributed by atoms with E-state index in [2.05, 4.69) is 31.4 Å². The Kier molecular flexibility index (Phi) is 7.76. The van der Waals surface area contributed by atoms with Crippen LogP contribution >= 0.6 is 0 Å². The van der Waals surface area contributed by atoms with Gasteiger partial charge in [-0.15, -0.1) is 0 Å². The van der Waals surface area contributed by atoms with E-state index in [1.54, 1.807) is 4.31 Å². The van der Waals surface area contributed by atoms with Gasteiger partial charge >= 0.3 is 0 Å². The molecule has 2 aliphatic rings. The van der Waals surface area contributed by atoms with Gasteiger partial charge in [0.15, 0.2) is 5.96 Å². The predicted molar refractivity (Wildman–Crippen MR) is 109 cm³/mol. The van der Waals surface area contributed by atoms with Crippen molar-refractivity contribution in [3.63, 3.8) is 0 Å². The van der Waals surface area contributed by atoms with Gasteiger partial charge in [0.05, 0.1) is 6.26 Å². The summed E-state index contributed by atoms with van der Waals surface area (Å²) in [6.07, 6.45) is 8.34. The summed E-state index contributed by atoms with van der Waals surface area (Å²) in [6.45, 7) is 10.6. The smallest absolute Gasteiger partial charge is 0.211 e. The van der Waals surface area contributed by atoms with E-state index in [-0.39, 0.29) is 0 Å². The zero-order chi connectivity index (χ0) is 19.2. The number of nitrogens with one attached hydrogen (secondary N) is 2. The van der Waals surface area contributed by atoms with Crippen molar-refractivity contribution in [1.82, 2.24) is 14.9 Å². The minimum atomic E-state index is -3.04. The molecule has 26 heavy (non-hydrogen) atoms. The Hall–Kier alpha value is -0.820. The molecule has 1 aliphatic heterocycles. The average Bonchev–Trinajstić information content (AvgIpc) is 2.53. The van der Waals surface area contributed by atoms with Gasteiger partial charge in [-0.05, 0) is 56.3 Å². The van der Waals surface area contributed by atoms with E-state index in [4.69, 9.17) is 4.99 Å². The summed E-state index contributed by atoms with van der Waals surface area (Å²) < 4.78 is 24.8. The maximum atomic E-state index is 11.6. The van der Waals surface area contributed by atoms with Gasteiger partial charge in [-0.1, -0.05) is 20.3 Å². The number of rotatable bonds is 8. The molecular formula is C19H38N4O2S. The minimum Gasteiger partial charge on any atom is -0.357 e. The lowest BCUT2D eigenvalue weighted by atomic mass is 9.64. The third kappa shape index (κ3) is 6.41. The summed E-state index contributed by atoms with van der Waals surface area (Å²) in [6, 6.07) is 0. The number of guanidine groups is 1. The average molecular weight is 387 g/mol. The van der Waals surface area contributed by atoms with E-state index in [1.807, 2.05) is 0 Å². The molecule has 0 bridgehead atoms. The molecule has 6 nitrogen and oxygen atoms in total. The first-order valence-electron chi connectivity index (χ1n) is 10.2. The lowest BCUT2D eigenvalue weighted by molar-refractivity contribution is 0.111. The van der Waals surface area contributed by atoms with Gasteiger partial charge in [-0.3, -0.25) is 4.99 Å². The third-order valence-electron chi connectivity index (χ3n) is 5.77. The van der Waals surface area contributed by atoms with Crippen molar-refractivity contribution in [1.29, 1.82) is 0 Å². The van der Waals surface area contributed by atoms with Crippen molar-refractivity contribution in [3.8, 4) is 0 Å². The number of piperidine rings is 1. The van der Waals surface area contributed by atoms with Crippen molar-refractivity contribution >= 4 is 16.0 Å². The molecule has 0 amide bonds. The Balaban J connectivity index is 1.82. The van der Waals surface area contributed by atoms with Crippen LogP contribution in [0.25, 0.3) is 0 Å². The van der Waals surface area contributed by atoms with Gasteiger partial charge in [0.25, 0.3) is 0 Å². The van der Waals surface area contributed by atoms with Crippen LogP contribution in [0.5, 0.6) is 0 Å². The highest BCUT2D eigenvalue weighted by Gasteiger charge is 2.37. The van der Waals surface area contributed by atoms with Gasteiger partial charge < -0.3 is 10.6 Å². The fourth-order valence-corrected chi connectivity index (χ4v) is 5.12. The topological polar surface area (TPSA) is 73.8 Å². The maximum absolute atomic E-state index is 11.6. The normalized spacial score (nSPS) is 22.3. The number of nitrogens with zero attached hydrogens (tertiary/aromatic N) is 2. The maximum Gasteiger partial charge on any atom is 0.211 e. The van der Waals surface area contributed by atoms with Crippen LogP contribution in [-0.2, 0) is 10.0 Å². The quantitative estimate of drug-likeness (QED) is 0.496. The summed E-state index contributed by atoms with van der Waals surface area (Å²) in [5, 5.41) is 6.85. The van der Waals surface area contributed by atoms with Crippen LogP contribution in [0.1, 0.15) is 59.3 Å². The molecule has 0 aromatic rings. The Morgan fingerprint density at radius 1 is 1.23 bits per heavy atom. The third-order valence-corrected chi connectivity index (χ3v) is 7.08. The van der Waals surface area contributed by atoms with Crippen LogP contribution in [0.3, 0.4) is 0 Å². The lowest BCUT2D eigenvalue weighted by Crippen LogP contribution is -2.44. The second-order valence-electron chi connectivity index (χ2n) is 8.63. The lowest BCUT2D eigenvalue weighted by Gasteiger charge is -2.42. The highest BCUT2D eigenvalue weighted by molar-refractivity contribution is 7.88. The fraction of sp³-hybridized carbons (Fsp3) is 0.947. The monoisotopic (exact) mass is 386 g/mol. The van der Waals surface area contributed by atoms with Crippen LogP contribution in [0.4, 0.5) is 0 Å². The SMILES string of the molecule is CCNC(=NCC1(CC(C)C)CCC1)NCC1CCN(S(C)(=O)=O)CC1. The molecule has 2 rings (SSSR count). The molecule has 1 aliphatic carbocycles. The Labute approximate surface area is 160 Å². The van der Waals surface area contributed by atoms with E-state index in [1.165, 1.54) is 31.9 Å². The van der Waals surface area contributed by atoms with Crippen LogP contribution in [-0.4, -0.2) is 57.7 Å². The summed E-state index contributed by atoms with van der Waals surface area (Å²) in [5.41, 5.74) is 0.414. The molecule has 0 aromatic carbocycles. The van der Waals surface area contributed by atoms with Crippen molar-refractivity contribution in [2.75, 3.05) is 39.0 Å². The van der Waals surface area contributed by atoms with Crippen LogP contribution < -0.4 is 10.6 Å². The van der Waals surface area contributed by atoms with E-state index in [0.29, 0.717) is 24.4 Å². The van der Waals surface area contributed by atoms with Gasteiger partial charge in [0.1, 0.15) is 0 Å². The van der Waals surface area contributed by atoms with Crippen LogP contribution in [0.15, 0.2) is 4.99 Å². The van der Waals surface area contributed by atoms with Crippen LogP contribution in [0.2, 0.25) is 0 Å². The van der Waals surface area contributed by atoms with E-state index in [0.717, 1.165) is 44.4 Å². The van der Waals surface area contributed by atoms with Gasteiger partial charge in [0.2, 0.25) is 10.0 Å². The summed E-state index contributed by atoms with van der Waals surface area (Å²) in [5.74, 6) is 2.14. The first-order chi connectivity index (χ1) is 12.2. The molecule has 0 atom stereocenters. The molecule has 7 heteroatoms. The second kappa shape index (κ2) is 9.40. The fourth-order valence-electron chi connectivity index (χ4n) is 4.24. The van der Waals surface area contributed by atoms with Gasteiger partial charge in [0, 0.05) is 32.7 Å². The van der Waals surface area contributed by atoms with Crippen molar-refractivity contribution in [3.05, 3.63) is 0 Å². The zero-order valence-electron chi connectivity index (χ0n) is 17.1. The second-order valence-corrected chi connectivity index (χ2v) is 10.6. The van der Waals surface area contributed by atoms with Crippen molar-refractivity contribution in [2.45, 2.75) is 59.3 Å². The van der Waals surface area contributed by atoms with Gasteiger partial charge in [-0.2, -0.15) is 0 Å². The zero-order valence-corrected chi connectivity index (χ0v) is 17.9. The molecule has 0 aromatic heterocycles. The molecule has 2 fully saturated rings. The molecule has 152 valence electrons. The highest BCUT2D eigenvalue weighted by Crippen LogP contribution is 2.46. The van der Waals surface area contributed by atoms with E-state index in [9.17, 15) is 8.42 Å². The summed E-state index contributed by atoms with van der Waals surface area (Å²) >= 11 is 0. The molecular weight excluding hydrogens is 348 g/mol. The predicted octanol–water partition coefficient (Wildman–Crippen LogP) is 2.43. The summed E-state index contributed by atoms with van der Waals surface area (Å²) in [7, 11) is -3.04. The van der Waals surface area contributed by atoms with Crippen molar-refractivity contribution < 1.29 is 8.42 Å². The number of aliphatic imine (C=N–C) groups is 1. The molecule has 2 N–H and O–H groups in total. The largest absolute Gasteiger partial charge is 0.357 e. The highest BCUT2D eigenvalue weighted by atomic mass is 32.2. The first-order valence-corrected chi connectivity index (χ1v) is 12.1. The van der Waals surface area contributed by atoms with Gasteiger partial charge in [-0.25, -0.2) is 12.7 Å². The molecule has 1 heterocycles. The Morgan fingerprint density at radius 2 is 1.88 bits per heavy atom.